The van der Waals surface area contributed by atoms with Crippen molar-refractivity contribution in [3.05, 3.63) is 35.9 Å². The van der Waals surface area contributed by atoms with Gasteiger partial charge in [-0.2, -0.15) is 0 Å². The Morgan fingerprint density at radius 3 is 2.87 bits per heavy atom. The average molecular weight is 204 g/mol. The summed E-state index contributed by atoms with van der Waals surface area (Å²) in [4.78, 5) is 13.6. The number of nitrogens with one attached hydrogen (secondary N) is 1. The van der Waals surface area contributed by atoms with Crippen molar-refractivity contribution in [2.45, 2.75) is 19.5 Å². The maximum atomic E-state index is 11.4. The molecule has 1 saturated heterocycles. The molecule has 1 aromatic rings. The Kier molecular flexibility index (Phi) is 3.02. The molecule has 1 aliphatic heterocycles. The van der Waals surface area contributed by atoms with Gasteiger partial charge in [-0.3, -0.25) is 9.69 Å². The smallest absolute Gasteiger partial charge is 0.237 e. The fourth-order valence-electron chi connectivity index (χ4n) is 1.86. The number of carbonyl (C=O) groups is 1. The number of rotatable bonds is 2. The second kappa shape index (κ2) is 4.45. The van der Waals surface area contributed by atoms with E-state index in [0.717, 1.165) is 19.6 Å². The van der Waals surface area contributed by atoms with Crippen molar-refractivity contribution in [1.29, 1.82) is 0 Å². The third-order valence-corrected chi connectivity index (χ3v) is 2.85. The molecule has 1 N–H and O–H groups in total. The summed E-state index contributed by atoms with van der Waals surface area (Å²) in [5.74, 6) is 0.136. The van der Waals surface area contributed by atoms with Crippen molar-refractivity contribution in [2.75, 3.05) is 13.1 Å². The molecular formula is C12H16N2O. The highest BCUT2D eigenvalue weighted by atomic mass is 16.2. The predicted octanol–water partition coefficient (Wildman–Crippen LogP) is 1.01. The van der Waals surface area contributed by atoms with E-state index in [1.165, 1.54) is 5.56 Å². The number of benzene rings is 1. The SMILES string of the molecule is C[C@H]1C(=O)NCCN1Cc1ccccc1. The Morgan fingerprint density at radius 2 is 2.13 bits per heavy atom. The lowest BCUT2D eigenvalue weighted by atomic mass is 10.1. The third-order valence-electron chi connectivity index (χ3n) is 2.85. The van der Waals surface area contributed by atoms with Crippen molar-refractivity contribution in [1.82, 2.24) is 10.2 Å². The lowest BCUT2D eigenvalue weighted by molar-refractivity contribution is -0.128. The van der Waals surface area contributed by atoms with Gasteiger partial charge in [0.15, 0.2) is 0 Å². The van der Waals surface area contributed by atoms with Crippen molar-refractivity contribution < 1.29 is 4.79 Å². The number of hydrogen-bond acceptors (Lipinski definition) is 2. The Bertz CT molecular complexity index is 337. The quantitative estimate of drug-likeness (QED) is 0.779. The standard InChI is InChI=1S/C12H16N2O/c1-10-12(15)13-7-8-14(10)9-11-5-3-2-4-6-11/h2-6,10H,7-9H2,1H3,(H,13,15)/t10-/m0/s1. The minimum absolute atomic E-state index is 0.0149. The van der Waals surface area contributed by atoms with E-state index < -0.39 is 0 Å². The molecule has 1 fully saturated rings. The molecule has 0 radical (unpaired) electrons. The van der Waals surface area contributed by atoms with Gasteiger partial charge in [-0.05, 0) is 12.5 Å². The molecule has 3 nitrogen and oxygen atoms in total. The van der Waals surface area contributed by atoms with E-state index in [1.54, 1.807) is 0 Å². The van der Waals surface area contributed by atoms with Crippen LogP contribution in [0, 0.1) is 0 Å². The second-order valence-corrected chi connectivity index (χ2v) is 3.92. The van der Waals surface area contributed by atoms with Gasteiger partial charge < -0.3 is 5.32 Å². The molecule has 2 rings (SSSR count). The van der Waals surface area contributed by atoms with E-state index in [4.69, 9.17) is 0 Å². The minimum atomic E-state index is -0.0149. The zero-order chi connectivity index (χ0) is 10.7. The third kappa shape index (κ3) is 2.36. The molecule has 1 amide bonds. The summed E-state index contributed by atoms with van der Waals surface area (Å²) in [6.07, 6.45) is 0. The van der Waals surface area contributed by atoms with Crippen molar-refractivity contribution >= 4 is 5.91 Å². The molecule has 1 aromatic carbocycles. The van der Waals surface area contributed by atoms with Crippen LogP contribution in [-0.4, -0.2) is 29.9 Å². The van der Waals surface area contributed by atoms with Gasteiger partial charge in [0.1, 0.15) is 0 Å². The van der Waals surface area contributed by atoms with Crippen LogP contribution in [0.4, 0.5) is 0 Å². The summed E-state index contributed by atoms with van der Waals surface area (Å²) in [5.41, 5.74) is 1.26. The molecule has 0 unspecified atom stereocenters. The van der Waals surface area contributed by atoms with Crippen molar-refractivity contribution in [3.8, 4) is 0 Å². The maximum absolute atomic E-state index is 11.4. The molecule has 3 heteroatoms. The Balaban J connectivity index is 2.02. The molecule has 1 atom stereocenters. The largest absolute Gasteiger partial charge is 0.353 e. The summed E-state index contributed by atoms with van der Waals surface area (Å²) in [5, 5.41) is 2.87. The molecule has 0 bridgehead atoms. The van der Waals surface area contributed by atoms with Crippen LogP contribution in [0.1, 0.15) is 12.5 Å². The predicted molar refractivity (Wildman–Crippen MR) is 59.3 cm³/mol. The molecule has 80 valence electrons. The Labute approximate surface area is 90.1 Å². The zero-order valence-electron chi connectivity index (χ0n) is 8.94. The van der Waals surface area contributed by atoms with E-state index in [-0.39, 0.29) is 11.9 Å². The maximum Gasteiger partial charge on any atom is 0.237 e. The highest BCUT2D eigenvalue weighted by Gasteiger charge is 2.24. The number of piperazine rings is 1. The Hall–Kier alpha value is -1.35. The van der Waals surface area contributed by atoms with Gasteiger partial charge in [-0.25, -0.2) is 0 Å². The van der Waals surface area contributed by atoms with E-state index in [9.17, 15) is 4.79 Å². The molecule has 0 aliphatic carbocycles. The Morgan fingerprint density at radius 1 is 1.40 bits per heavy atom. The average Bonchev–Trinajstić information content (AvgIpc) is 2.26. The fraction of sp³-hybridized carbons (Fsp3) is 0.417. The summed E-state index contributed by atoms with van der Waals surface area (Å²) >= 11 is 0. The van der Waals surface area contributed by atoms with E-state index in [2.05, 4.69) is 22.3 Å². The summed E-state index contributed by atoms with van der Waals surface area (Å²) in [6.45, 7) is 4.50. The molecule has 15 heavy (non-hydrogen) atoms. The summed E-state index contributed by atoms with van der Waals surface area (Å²) in [6, 6.07) is 10.3. The second-order valence-electron chi connectivity index (χ2n) is 3.92. The van der Waals surface area contributed by atoms with E-state index in [1.807, 2.05) is 25.1 Å². The van der Waals surface area contributed by atoms with Crippen LogP contribution in [0.15, 0.2) is 30.3 Å². The van der Waals surface area contributed by atoms with Crippen LogP contribution in [0.25, 0.3) is 0 Å². The molecule has 1 aliphatic rings. The van der Waals surface area contributed by atoms with E-state index >= 15 is 0 Å². The van der Waals surface area contributed by atoms with Crippen LogP contribution < -0.4 is 5.32 Å². The molecule has 0 aromatic heterocycles. The number of carbonyl (C=O) groups excluding carboxylic acids is 1. The van der Waals surface area contributed by atoms with Crippen LogP contribution in [0.2, 0.25) is 0 Å². The van der Waals surface area contributed by atoms with Gasteiger partial charge in [0, 0.05) is 19.6 Å². The number of nitrogens with zero attached hydrogens (tertiary/aromatic N) is 1. The lowest BCUT2D eigenvalue weighted by Crippen LogP contribution is -2.53. The first-order valence-corrected chi connectivity index (χ1v) is 5.33. The summed E-state index contributed by atoms with van der Waals surface area (Å²) < 4.78 is 0. The van der Waals surface area contributed by atoms with Crippen molar-refractivity contribution in [2.24, 2.45) is 0 Å². The first-order valence-electron chi connectivity index (χ1n) is 5.33. The van der Waals surface area contributed by atoms with Gasteiger partial charge in [0.25, 0.3) is 0 Å². The summed E-state index contributed by atoms with van der Waals surface area (Å²) in [7, 11) is 0. The minimum Gasteiger partial charge on any atom is -0.353 e. The number of amides is 1. The zero-order valence-corrected chi connectivity index (χ0v) is 8.94. The monoisotopic (exact) mass is 204 g/mol. The fourth-order valence-corrected chi connectivity index (χ4v) is 1.86. The van der Waals surface area contributed by atoms with Gasteiger partial charge in [-0.15, -0.1) is 0 Å². The van der Waals surface area contributed by atoms with Gasteiger partial charge in [0.05, 0.1) is 6.04 Å². The lowest BCUT2D eigenvalue weighted by Gasteiger charge is -2.32. The van der Waals surface area contributed by atoms with Crippen LogP contribution in [0.3, 0.4) is 0 Å². The van der Waals surface area contributed by atoms with Gasteiger partial charge >= 0.3 is 0 Å². The first-order chi connectivity index (χ1) is 7.27. The van der Waals surface area contributed by atoms with Crippen LogP contribution in [0.5, 0.6) is 0 Å². The van der Waals surface area contributed by atoms with Gasteiger partial charge in [0.2, 0.25) is 5.91 Å². The van der Waals surface area contributed by atoms with Gasteiger partial charge in [-0.1, -0.05) is 30.3 Å². The number of hydrogen-bond donors (Lipinski definition) is 1. The molecule has 1 heterocycles. The highest BCUT2D eigenvalue weighted by molar-refractivity contribution is 5.81. The molecule has 0 saturated carbocycles. The first kappa shape index (κ1) is 10.2. The van der Waals surface area contributed by atoms with E-state index in [0.29, 0.717) is 0 Å². The van der Waals surface area contributed by atoms with Crippen LogP contribution in [-0.2, 0) is 11.3 Å². The van der Waals surface area contributed by atoms with Crippen molar-refractivity contribution in [3.63, 3.8) is 0 Å². The topological polar surface area (TPSA) is 32.3 Å². The normalized spacial score (nSPS) is 22.5. The molecule has 0 spiro atoms. The highest BCUT2D eigenvalue weighted by Crippen LogP contribution is 2.10. The molecular weight excluding hydrogens is 188 g/mol. The van der Waals surface area contributed by atoms with Crippen LogP contribution >= 0.6 is 0 Å².